The largest absolute Gasteiger partial charge is 0.358 e. The number of anilines is 1. The van der Waals surface area contributed by atoms with Gasteiger partial charge in [-0.3, -0.25) is 4.79 Å². The Morgan fingerprint density at radius 2 is 2.25 bits per heavy atom. The molecular formula is C15H22BrN3O. The number of carbonyl (C=O) groups is 1. The minimum Gasteiger partial charge on any atom is -0.358 e. The van der Waals surface area contributed by atoms with Crippen LogP contribution in [0.5, 0.6) is 0 Å². The maximum absolute atomic E-state index is 11.7. The fraction of sp³-hybridized carbons (Fsp3) is 0.533. The molecule has 1 aromatic rings. The quantitative estimate of drug-likeness (QED) is 0.884. The van der Waals surface area contributed by atoms with Crippen LogP contribution in [0, 0.1) is 0 Å². The van der Waals surface area contributed by atoms with Gasteiger partial charge in [-0.1, -0.05) is 35.8 Å². The Morgan fingerprint density at radius 1 is 1.50 bits per heavy atom. The molecule has 1 atom stereocenters. The van der Waals surface area contributed by atoms with Crippen LogP contribution < -0.4 is 15.5 Å². The van der Waals surface area contributed by atoms with Gasteiger partial charge in [0.15, 0.2) is 0 Å². The average Bonchev–Trinajstić information content (AvgIpc) is 2.40. The Balaban J connectivity index is 2.14. The molecule has 4 nitrogen and oxygen atoms in total. The molecule has 2 rings (SSSR count). The number of halogens is 1. The number of piperazine rings is 1. The summed E-state index contributed by atoms with van der Waals surface area (Å²) in [7, 11) is 0. The lowest BCUT2D eigenvalue weighted by Gasteiger charge is -2.35. The highest BCUT2D eigenvalue weighted by Gasteiger charge is 2.25. The number of hydrogen-bond acceptors (Lipinski definition) is 3. The molecule has 1 aliphatic heterocycles. The van der Waals surface area contributed by atoms with Crippen LogP contribution in [0.1, 0.15) is 26.3 Å². The van der Waals surface area contributed by atoms with Gasteiger partial charge in [-0.05, 0) is 24.6 Å². The van der Waals surface area contributed by atoms with E-state index in [1.54, 1.807) is 0 Å². The molecule has 0 aromatic heterocycles. The third-order valence-corrected chi connectivity index (χ3v) is 4.31. The molecule has 1 amide bonds. The van der Waals surface area contributed by atoms with E-state index in [0.717, 1.165) is 23.2 Å². The SMILES string of the molecule is CC(C)NCc1ccc(N2CCNC(=O)C2C)cc1Br. The van der Waals surface area contributed by atoms with Gasteiger partial charge in [0.05, 0.1) is 0 Å². The minimum absolute atomic E-state index is 0.0953. The fourth-order valence-electron chi connectivity index (χ4n) is 2.31. The molecule has 5 heteroatoms. The van der Waals surface area contributed by atoms with Gasteiger partial charge in [-0.2, -0.15) is 0 Å². The van der Waals surface area contributed by atoms with Crippen LogP contribution in [0.4, 0.5) is 5.69 Å². The van der Waals surface area contributed by atoms with Gasteiger partial charge in [0.1, 0.15) is 6.04 Å². The average molecular weight is 340 g/mol. The zero-order chi connectivity index (χ0) is 14.7. The summed E-state index contributed by atoms with van der Waals surface area (Å²) in [5.74, 6) is 0.0953. The molecular weight excluding hydrogens is 318 g/mol. The highest BCUT2D eigenvalue weighted by molar-refractivity contribution is 9.10. The standard InChI is InChI=1S/C15H22BrN3O/c1-10(2)18-9-12-4-5-13(8-14(12)16)19-7-6-17-15(20)11(19)3/h4-5,8,10-11,18H,6-7,9H2,1-3H3,(H,17,20). The third-order valence-electron chi connectivity index (χ3n) is 3.57. The van der Waals surface area contributed by atoms with Crippen molar-refractivity contribution < 1.29 is 4.79 Å². The van der Waals surface area contributed by atoms with Gasteiger partial charge in [-0.15, -0.1) is 0 Å². The lowest BCUT2D eigenvalue weighted by atomic mass is 10.1. The molecule has 2 N–H and O–H groups in total. The molecule has 0 radical (unpaired) electrons. The van der Waals surface area contributed by atoms with Crippen LogP contribution in [0.25, 0.3) is 0 Å². The van der Waals surface area contributed by atoms with Crippen LogP contribution in [0.3, 0.4) is 0 Å². The summed E-state index contributed by atoms with van der Waals surface area (Å²) in [6.45, 7) is 8.61. The first kappa shape index (κ1) is 15.3. The van der Waals surface area contributed by atoms with Gasteiger partial charge in [-0.25, -0.2) is 0 Å². The number of nitrogens with one attached hydrogen (secondary N) is 2. The lowest BCUT2D eigenvalue weighted by Crippen LogP contribution is -2.54. The predicted molar refractivity (Wildman–Crippen MR) is 85.9 cm³/mol. The maximum atomic E-state index is 11.7. The van der Waals surface area contributed by atoms with E-state index in [2.05, 4.69) is 63.5 Å². The Labute approximate surface area is 129 Å². The molecule has 0 bridgehead atoms. The number of benzene rings is 1. The Bertz CT molecular complexity index is 490. The van der Waals surface area contributed by atoms with Crippen molar-refractivity contribution in [3.05, 3.63) is 28.2 Å². The second-order valence-electron chi connectivity index (χ2n) is 5.47. The minimum atomic E-state index is -0.115. The van der Waals surface area contributed by atoms with E-state index in [-0.39, 0.29) is 11.9 Å². The smallest absolute Gasteiger partial charge is 0.242 e. The van der Waals surface area contributed by atoms with E-state index in [0.29, 0.717) is 12.6 Å². The normalized spacial score (nSPS) is 19.4. The number of nitrogens with zero attached hydrogens (tertiary/aromatic N) is 1. The lowest BCUT2D eigenvalue weighted by molar-refractivity contribution is -0.122. The summed E-state index contributed by atoms with van der Waals surface area (Å²) in [5.41, 5.74) is 2.32. The second kappa shape index (κ2) is 6.59. The van der Waals surface area contributed by atoms with Crippen LogP contribution in [-0.4, -0.2) is 31.1 Å². The van der Waals surface area contributed by atoms with Gasteiger partial charge < -0.3 is 15.5 Å². The summed E-state index contributed by atoms with van der Waals surface area (Å²) in [6, 6.07) is 6.67. The fourth-order valence-corrected chi connectivity index (χ4v) is 2.81. The Hall–Kier alpha value is -1.07. The van der Waals surface area contributed by atoms with Crippen molar-refractivity contribution in [1.82, 2.24) is 10.6 Å². The Morgan fingerprint density at radius 3 is 2.90 bits per heavy atom. The summed E-state index contributed by atoms with van der Waals surface area (Å²) < 4.78 is 1.08. The molecule has 20 heavy (non-hydrogen) atoms. The molecule has 1 aliphatic rings. The molecule has 0 aliphatic carbocycles. The first-order valence-corrected chi connectivity index (χ1v) is 7.84. The topological polar surface area (TPSA) is 44.4 Å². The summed E-state index contributed by atoms with van der Waals surface area (Å²) in [4.78, 5) is 13.9. The highest BCUT2D eigenvalue weighted by Crippen LogP contribution is 2.26. The molecule has 1 saturated heterocycles. The van der Waals surface area contributed by atoms with E-state index in [9.17, 15) is 4.79 Å². The molecule has 1 heterocycles. The number of carbonyl (C=O) groups excluding carboxylic acids is 1. The van der Waals surface area contributed by atoms with Gasteiger partial charge in [0.25, 0.3) is 0 Å². The van der Waals surface area contributed by atoms with Gasteiger partial charge in [0, 0.05) is 35.8 Å². The Kier molecular flexibility index (Phi) is 5.05. The van der Waals surface area contributed by atoms with Crippen molar-refractivity contribution in [3.8, 4) is 0 Å². The van der Waals surface area contributed by atoms with Crippen LogP contribution in [0.15, 0.2) is 22.7 Å². The van der Waals surface area contributed by atoms with Crippen molar-refractivity contribution in [2.45, 2.75) is 39.4 Å². The summed E-state index contributed by atoms with van der Waals surface area (Å²) in [6.07, 6.45) is 0. The van der Waals surface area contributed by atoms with Crippen molar-refractivity contribution in [2.24, 2.45) is 0 Å². The van der Waals surface area contributed by atoms with E-state index in [4.69, 9.17) is 0 Å². The van der Waals surface area contributed by atoms with Crippen LogP contribution in [-0.2, 0) is 11.3 Å². The molecule has 1 aromatic carbocycles. The molecule has 110 valence electrons. The zero-order valence-electron chi connectivity index (χ0n) is 12.2. The van der Waals surface area contributed by atoms with Gasteiger partial charge >= 0.3 is 0 Å². The highest BCUT2D eigenvalue weighted by atomic mass is 79.9. The van der Waals surface area contributed by atoms with Crippen LogP contribution in [0.2, 0.25) is 0 Å². The molecule has 1 fully saturated rings. The third kappa shape index (κ3) is 3.52. The molecule has 1 unspecified atom stereocenters. The van der Waals surface area contributed by atoms with Crippen molar-refractivity contribution >= 4 is 27.5 Å². The first-order chi connectivity index (χ1) is 9.49. The number of amides is 1. The second-order valence-corrected chi connectivity index (χ2v) is 6.33. The summed E-state index contributed by atoms with van der Waals surface area (Å²) >= 11 is 3.63. The maximum Gasteiger partial charge on any atom is 0.242 e. The predicted octanol–water partition coefficient (Wildman–Crippen LogP) is 2.27. The van der Waals surface area contributed by atoms with E-state index < -0.39 is 0 Å². The number of rotatable bonds is 4. The van der Waals surface area contributed by atoms with E-state index in [1.807, 2.05) is 6.92 Å². The van der Waals surface area contributed by atoms with E-state index >= 15 is 0 Å². The monoisotopic (exact) mass is 339 g/mol. The molecule has 0 saturated carbocycles. The first-order valence-electron chi connectivity index (χ1n) is 7.05. The van der Waals surface area contributed by atoms with E-state index in [1.165, 1.54) is 5.56 Å². The van der Waals surface area contributed by atoms with Crippen molar-refractivity contribution in [1.29, 1.82) is 0 Å². The van der Waals surface area contributed by atoms with Gasteiger partial charge in [0.2, 0.25) is 5.91 Å². The van der Waals surface area contributed by atoms with Crippen molar-refractivity contribution in [2.75, 3.05) is 18.0 Å². The number of hydrogen-bond donors (Lipinski definition) is 2. The zero-order valence-corrected chi connectivity index (χ0v) is 13.8. The van der Waals surface area contributed by atoms with Crippen molar-refractivity contribution in [3.63, 3.8) is 0 Å². The van der Waals surface area contributed by atoms with Crippen LogP contribution >= 0.6 is 15.9 Å². The molecule has 0 spiro atoms. The summed E-state index contributed by atoms with van der Waals surface area (Å²) in [5, 5.41) is 6.30.